The molecule has 20 nitrogen and oxygen atoms in total. The van der Waals surface area contributed by atoms with Crippen LogP contribution in [0.2, 0.25) is 0 Å². The molecule has 0 fully saturated rings. The Morgan fingerprint density at radius 1 is 0.333 bits per heavy atom. The molecule has 4 amide bonds. The molecule has 0 atom stereocenters. The number of phenols is 4. The van der Waals surface area contributed by atoms with Crippen LogP contribution < -0.4 is 0 Å². The largest absolute Gasteiger partial charge is 0.507 e. The van der Waals surface area contributed by atoms with E-state index in [0.29, 0.717) is 65.3 Å². The van der Waals surface area contributed by atoms with Crippen molar-refractivity contribution in [2.24, 2.45) is 0 Å². The normalized spacial score (nSPS) is 9.95. The summed E-state index contributed by atoms with van der Waals surface area (Å²) in [5.41, 5.74) is 0.224. The molecule has 0 aliphatic carbocycles. The average molecular weight is 1070 g/mol. The van der Waals surface area contributed by atoms with Gasteiger partial charge in [0.1, 0.15) is 45.3 Å². The molecule has 78 heavy (non-hydrogen) atoms. The standard InChI is InChI=1S/2C23H16O6.4C3H7NO/c2*24-20-16(14-7-3-1-5-12(14)9-18(20)22(26)27)11-17-15-8-4-2-6-13(15)10-19(21(17)25)23(28)29;4*1-4(2)3-5/h2*1-10,24-25H,11H2,(H,26,27)(H,28,29);4*3H,1-2H3. The van der Waals surface area contributed by atoms with E-state index in [1.165, 1.54) is 43.9 Å². The van der Waals surface area contributed by atoms with Crippen LogP contribution in [0.5, 0.6) is 23.0 Å². The number of carboxylic acids is 4. The summed E-state index contributed by atoms with van der Waals surface area (Å²) in [5, 5.41) is 85.6. The van der Waals surface area contributed by atoms with Crippen molar-refractivity contribution in [2.75, 3.05) is 56.4 Å². The van der Waals surface area contributed by atoms with Crippen LogP contribution in [0.4, 0.5) is 0 Å². The fourth-order valence-corrected chi connectivity index (χ4v) is 7.37. The zero-order chi connectivity index (χ0) is 58.6. The number of rotatable bonds is 12. The molecule has 0 aliphatic rings. The van der Waals surface area contributed by atoms with Gasteiger partial charge >= 0.3 is 23.9 Å². The molecule has 0 unspecified atom stereocenters. The highest BCUT2D eigenvalue weighted by Gasteiger charge is 2.24. The molecule has 0 bridgehead atoms. The molecule has 8 rings (SSSR count). The summed E-state index contributed by atoms with van der Waals surface area (Å²) in [6, 6.07) is 33.6. The lowest BCUT2D eigenvalue weighted by atomic mass is 9.90. The number of aromatic carboxylic acids is 4. The SMILES string of the molecule is CN(C)C=O.CN(C)C=O.CN(C)C=O.CN(C)C=O.O=C(O)c1cc2ccccc2c(Cc2c(O)c(C(=O)O)cc3ccccc23)c1O.O=C(O)c1cc2ccccc2c(Cc2c(O)c(C(=O)O)cc3ccccc23)c1O. The van der Waals surface area contributed by atoms with Crippen LogP contribution in [0.3, 0.4) is 0 Å². The summed E-state index contributed by atoms with van der Waals surface area (Å²) in [7, 11) is 13.5. The monoisotopic (exact) mass is 1070 g/mol. The predicted molar refractivity (Wildman–Crippen MR) is 295 cm³/mol. The van der Waals surface area contributed by atoms with Gasteiger partial charge in [0, 0.05) is 91.5 Å². The zero-order valence-corrected chi connectivity index (χ0v) is 43.9. The highest BCUT2D eigenvalue weighted by atomic mass is 16.4. The van der Waals surface area contributed by atoms with E-state index >= 15 is 0 Å². The Morgan fingerprint density at radius 3 is 0.628 bits per heavy atom. The van der Waals surface area contributed by atoms with Crippen LogP contribution in [0.15, 0.2) is 121 Å². The molecule has 0 saturated heterocycles. The fourth-order valence-electron chi connectivity index (χ4n) is 7.37. The van der Waals surface area contributed by atoms with Crippen molar-refractivity contribution >= 4 is 92.6 Å². The Bertz CT molecular complexity index is 3030. The Balaban J connectivity index is 0.000000305. The van der Waals surface area contributed by atoms with E-state index in [2.05, 4.69) is 0 Å². The van der Waals surface area contributed by atoms with E-state index in [1.54, 1.807) is 153 Å². The minimum atomic E-state index is -1.28. The first-order valence-electron chi connectivity index (χ1n) is 23.2. The summed E-state index contributed by atoms with van der Waals surface area (Å²) in [6.45, 7) is 0. The third kappa shape index (κ3) is 16.4. The third-order valence-corrected chi connectivity index (χ3v) is 11.0. The van der Waals surface area contributed by atoms with Crippen molar-refractivity contribution in [3.05, 3.63) is 166 Å². The summed E-state index contributed by atoms with van der Waals surface area (Å²) >= 11 is 0. The number of amides is 4. The van der Waals surface area contributed by atoms with Crippen LogP contribution in [-0.4, -0.2) is 166 Å². The van der Waals surface area contributed by atoms with Gasteiger partial charge in [0.05, 0.1) is 0 Å². The lowest BCUT2D eigenvalue weighted by Gasteiger charge is -2.16. The van der Waals surface area contributed by atoms with Gasteiger partial charge in [0.15, 0.2) is 0 Å². The number of benzene rings is 8. The summed E-state index contributed by atoms with van der Waals surface area (Å²) in [5.74, 6) is -6.71. The van der Waals surface area contributed by atoms with Gasteiger partial charge in [-0.2, -0.15) is 0 Å². The van der Waals surface area contributed by atoms with Gasteiger partial charge in [-0.15, -0.1) is 0 Å². The zero-order valence-electron chi connectivity index (χ0n) is 43.9. The van der Waals surface area contributed by atoms with E-state index in [4.69, 9.17) is 0 Å². The number of hydrogen-bond acceptors (Lipinski definition) is 12. The van der Waals surface area contributed by atoms with Crippen molar-refractivity contribution in [1.29, 1.82) is 0 Å². The number of fused-ring (bicyclic) bond motifs is 4. The highest BCUT2D eigenvalue weighted by Crippen LogP contribution is 2.40. The molecule has 0 radical (unpaired) electrons. The maximum atomic E-state index is 11.6. The molecular weight excluding hydrogens is 1010 g/mol. The molecule has 8 N–H and O–H groups in total. The number of nitrogens with zero attached hydrogens (tertiary/aromatic N) is 4. The number of carbonyl (C=O) groups excluding carboxylic acids is 4. The first-order chi connectivity index (χ1) is 36.8. The Labute approximate surface area is 448 Å². The molecule has 408 valence electrons. The molecule has 8 aromatic rings. The summed E-state index contributed by atoms with van der Waals surface area (Å²) < 4.78 is 0. The average Bonchev–Trinajstić information content (AvgIpc) is 3.41. The van der Waals surface area contributed by atoms with E-state index in [-0.39, 0.29) is 35.1 Å². The van der Waals surface area contributed by atoms with Gasteiger partial charge < -0.3 is 60.5 Å². The molecule has 0 heterocycles. The third-order valence-electron chi connectivity index (χ3n) is 11.0. The maximum Gasteiger partial charge on any atom is 0.339 e. The molecular formula is C58H60N4O16. The number of carbonyl (C=O) groups is 8. The molecule has 0 saturated carbocycles. The second-order valence-electron chi connectivity index (χ2n) is 17.7. The van der Waals surface area contributed by atoms with Crippen molar-refractivity contribution in [3.63, 3.8) is 0 Å². The lowest BCUT2D eigenvalue weighted by Crippen LogP contribution is -2.06. The van der Waals surface area contributed by atoms with Gasteiger partial charge in [-0.1, -0.05) is 97.1 Å². The molecule has 0 aromatic heterocycles. The van der Waals surface area contributed by atoms with Crippen molar-refractivity contribution in [1.82, 2.24) is 19.6 Å². The minimum absolute atomic E-state index is 0.0407. The van der Waals surface area contributed by atoms with Crippen LogP contribution >= 0.6 is 0 Å². The molecule has 0 spiro atoms. The van der Waals surface area contributed by atoms with Gasteiger partial charge in [-0.25, -0.2) is 19.2 Å². The Morgan fingerprint density at radius 2 is 0.487 bits per heavy atom. The quantitative estimate of drug-likeness (QED) is 0.0546. The van der Waals surface area contributed by atoms with E-state index in [0.717, 1.165) is 25.6 Å². The summed E-state index contributed by atoms with van der Waals surface area (Å²) in [6.07, 6.45) is 2.92. The second kappa shape index (κ2) is 29.0. The van der Waals surface area contributed by atoms with Crippen molar-refractivity contribution in [2.45, 2.75) is 12.8 Å². The molecule has 20 heteroatoms. The Kier molecular flexibility index (Phi) is 23.1. The lowest BCUT2D eigenvalue weighted by molar-refractivity contribution is -0.116. The van der Waals surface area contributed by atoms with Gasteiger partial charge in [0.2, 0.25) is 25.6 Å². The first-order valence-corrected chi connectivity index (χ1v) is 23.2. The van der Waals surface area contributed by atoms with Crippen LogP contribution in [0.1, 0.15) is 63.7 Å². The smallest absolute Gasteiger partial charge is 0.339 e. The van der Waals surface area contributed by atoms with Gasteiger partial charge in [0.25, 0.3) is 0 Å². The van der Waals surface area contributed by atoms with E-state index in [1.807, 2.05) is 0 Å². The second-order valence-corrected chi connectivity index (χ2v) is 17.7. The van der Waals surface area contributed by atoms with Crippen molar-refractivity contribution in [3.8, 4) is 23.0 Å². The number of hydrogen-bond donors (Lipinski definition) is 8. The van der Waals surface area contributed by atoms with E-state index < -0.39 is 46.9 Å². The first kappa shape index (κ1) is 62.1. The Hall–Kier alpha value is -10.2. The molecule has 0 aliphatic heterocycles. The number of aromatic hydroxyl groups is 4. The maximum absolute atomic E-state index is 11.6. The van der Waals surface area contributed by atoms with Crippen LogP contribution in [0, 0.1) is 0 Å². The van der Waals surface area contributed by atoms with Crippen LogP contribution in [-0.2, 0) is 32.0 Å². The molecule has 8 aromatic carbocycles. The van der Waals surface area contributed by atoms with Gasteiger partial charge in [-0.3, -0.25) is 19.2 Å². The highest BCUT2D eigenvalue weighted by molar-refractivity contribution is 6.04. The van der Waals surface area contributed by atoms with Gasteiger partial charge in [-0.05, 0) is 67.4 Å². The fraction of sp³-hybridized carbons (Fsp3) is 0.172. The minimum Gasteiger partial charge on any atom is -0.507 e. The topological polar surface area (TPSA) is 311 Å². The number of carboxylic acid groups (broad SMARTS) is 4. The van der Waals surface area contributed by atoms with Crippen molar-refractivity contribution < 1.29 is 79.2 Å². The van der Waals surface area contributed by atoms with E-state index in [9.17, 15) is 79.2 Å². The predicted octanol–water partition coefficient (Wildman–Crippen LogP) is 7.60. The summed E-state index contributed by atoms with van der Waals surface area (Å²) in [4.78, 5) is 89.9. The van der Waals surface area contributed by atoms with Crippen LogP contribution in [0.25, 0.3) is 43.1 Å².